The Morgan fingerprint density at radius 2 is 1.74 bits per heavy atom. The summed E-state index contributed by atoms with van der Waals surface area (Å²) in [5.41, 5.74) is 2.20. The lowest BCUT2D eigenvalue weighted by molar-refractivity contribution is -0.124. The number of ether oxygens (including phenoxy) is 2. The summed E-state index contributed by atoms with van der Waals surface area (Å²) in [6.45, 7) is 11.7. The van der Waals surface area contributed by atoms with E-state index in [1.807, 2.05) is 32.9 Å². The molecule has 5 rings (SSSR count). The van der Waals surface area contributed by atoms with E-state index in [1.54, 1.807) is 7.11 Å². The van der Waals surface area contributed by atoms with Gasteiger partial charge in [-0.1, -0.05) is 19.9 Å². The van der Waals surface area contributed by atoms with Gasteiger partial charge in [-0.2, -0.15) is 0 Å². The summed E-state index contributed by atoms with van der Waals surface area (Å²) in [4.78, 5) is 12.1. The Labute approximate surface area is 187 Å². The lowest BCUT2D eigenvalue weighted by Crippen LogP contribution is -2.63. The zero-order valence-electron chi connectivity index (χ0n) is 20.2. The van der Waals surface area contributed by atoms with Gasteiger partial charge in [0.15, 0.2) is 18.1 Å². The van der Waals surface area contributed by atoms with Crippen LogP contribution in [0.4, 0.5) is 0 Å². The van der Waals surface area contributed by atoms with E-state index in [1.165, 1.54) is 44.1 Å². The molecule has 4 fully saturated rings. The Morgan fingerprint density at radius 3 is 2.32 bits per heavy atom. The molecule has 4 saturated carbocycles. The fourth-order valence-electron chi connectivity index (χ4n) is 7.47. The highest BCUT2D eigenvalue weighted by Crippen LogP contribution is 2.66. The molecule has 0 aromatic heterocycles. The number of carbonyl (C=O) groups is 1. The maximum absolute atomic E-state index is 12.1. The normalized spacial score (nSPS) is 33.9. The highest BCUT2D eigenvalue weighted by molar-refractivity contribution is 5.78. The van der Waals surface area contributed by atoms with Gasteiger partial charge in [0.25, 0.3) is 5.91 Å². The van der Waals surface area contributed by atoms with Gasteiger partial charge in [-0.15, -0.1) is 0 Å². The van der Waals surface area contributed by atoms with Crippen molar-refractivity contribution in [3.63, 3.8) is 0 Å². The van der Waals surface area contributed by atoms with Gasteiger partial charge in [0.1, 0.15) is 0 Å². The largest absolute Gasteiger partial charge is 0.493 e. The van der Waals surface area contributed by atoms with Crippen LogP contribution in [0.15, 0.2) is 18.2 Å². The third-order valence-electron chi connectivity index (χ3n) is 7.39. The quantitative estimate of drug-likeness (QED) is 0.653. The first-order valence-electron chi connectivity index (χ1n) is 11.8. The SMILES string of the molecule is COc1cc(CNC23CC4C[C@@](C)(C2)C[C@](C)(C4)C3)ccc1OCC(=O)NC(C)(C)C. The lowest BCUT2D eigenvalue weighted by Gasteiger charge is -2.65. The molecule has 4 atom stereocenters. The molecule has 172 valence electrons. The number of rotatable bonds is 7. The number of benzene rings is 1. The maximum atomic E-state index is 12.1. The van der Waals surface area contributed by atoms with Gasteiger partial charge in [0.05, 0.1) is 7.11 Å². The summed E-state index contributed by atoms with van der Waals surface area (Å²) < 4.78 is 11.3. The van der Waals surface area contributed by atoms with Gasteiger partial charge in [0, 0.05) is 17.6 Å². The first kappa shape index (κ1) is 22.4. The second kappa shape index (κ2) is 7.68. The van der Waals surface area contributed by atoms with Crippen molar-refractivity contribution in [1.82, 2.24) is 10.6 Å². The maximum Gasteiger partial charge on any atom is 0.258 e. The molecule has 1 aromatic carbocycles. The molecule has 4 bridgehead atoms. The zero-order chi connectivity index (χ0) is 22.5. The topological polar surface area (TPSA) is 59.6 Å². The minimum atomic E-state index is -0.272. The molecule has 0 aliphatic heterocycles. The van der Waals surface area contributed by atoms with Crippen molar-refractivity contribution in [1.29, 1.82) is 0 Å². The molecule has 5 nitrogen and oxygen atoms in total. The van der Waals surface area contributed by atoms with Crippen LogP contribution in [0, 0.1) is 16.7 Å². The second-order valence-corrected chi connectivity index (χ2v) is 12.3. The van der Waals surface area contributed by atoms with Crippen LogP contribution in [0.2, 0.25) is 0 Å². The second-order valence-electron chi connectivity index (χ2n) is 12.3. The van der Waals surface area contributed by atoms with E-state index in [2.05, 4.69) is 30.5 Å². The zero-order valence-corrected chi connectivity index (χ0v) is 20.2. The highest BCUT2D eigenvalue weighted by atomic mass is 16.5. The average molecular weight is 429 g/mol. The molecule has 4 aliphatic rings. The average Bonchev–Trinajstić information content (AvgIpc) is 2.60. The number of amides is 1. The van der Waals surface area contributed by atoms with Gasteiger partial charge in [-0.25, -0.2) is 0 Å². The summed E-state index contributed by atoms with van der Waals surface area (Å²) in [5.74, 6) is 2.02. The molecular formula is C26H40N2O3. The Balaban J connectivity index is 1.39. The van der Waals surface area contributed by atoms with E-state index in [0.29, 0.717) is 22.3 Å². The van der Waals surface area contributed by atoms with Crippen LogP contribution < -0.4 is 20.1 Å². The van der Waals surface area contributed by atoms with Crippen molar-refractivity contribution in [2.24, 2.45) is 16.7 Å². The minimum Gasteiger partial charge on any atom is -0.493 e. The third kappa shape index (κ3) is 5.02. The Bertz CT molecular complexity index is 826. The van der Waals surface area contributed by atoms with Crippen LogP contribution in [-0.2, 0) is 11.3 Å². The Hall–Kier alpha value is -1.75. The van der Waals surface area contributed by atoms with E-state index in [4.69, 9.17) is 9.47 Å². The van der Waals surface area contributed by atoms with Crippen molar-refractivity contribution in [3.8, 4) is 11.5 Å². The molecule has 0 saturated heterocycles. The minimum absolute atomic E-state index is 0.0209. The number of nitrogens with one attached hydrogen (secondary N) is 2. The van der Waals surface area contributed by atoms with Crippen LogP contribution >= 0.6 is 0 Å². The standard InChI is InChI=1S/C26H40N2O3/c1-23(2,3)28-22(29)14-31-20-8-7-18(9-21(20)30-6)13-27-26-12-19-10-24(4,16-26)15-25(5,11-19)17-26/h7-9,19,27H,10-17H2,1-6H3,(H,28,29)/t19?,24-,25+,26?. The van der Waals surface area contributed by atoms with Crippen molar-refractivity contribution >= 4 is 5.91 Å². The lowest BCUT2D eigenvalue weighted by atomic mass is 9.43. The van der Waals surface area contributed by atoms with Crippen molar-refractivity contribution in [2.75, 3.05) is 13.7 Å². The van der Waals surface area contributed by atoms with Crippen LogP contribution in [0.25, 0.3) is 0 Å². The molecule has 4 aliphatic carbocycles. The van der Waals surface area contributed by atoms with Gasteiger partial charge >= 0.3 is 0 Å². The van der Waals surface area contributed by atoms with Crippen molar-refractivity contribution in [2.45, 2.75) is 90.8 Å². The number of carbonyl (C=O) groups excluding carboxylic acids is 1. The number of methoxy groups -OCH3 is 1. The molecule has 0 radical (unpaired) electrons. The molecule has 0 spiro atoms. The molecule has 0 heterocycles. The monoisotopic (exact) mass is 428 g/mol. The summed E-state index contributed by atoms with van der Waals surface area (Å²) in [6.07, 6.45) is 8.13. The third-order valence-corrected chi connectivity index (χ3v) is 7.39. The molecule has 31 heavy (non-hydrogen) atoms. The predicted octanol–water partition coefficient (Wildman–Crippen LogP) is 4.83. The van der Waals surface area contributed by atoms with Gasteiger partial charge in [-0.3, -0.25) is 4.79 Å². The fourth-order valence-corrected chi connectivity index (χ4v) is 7.47. The molecule has 1 aromatic rings. The van der Waals surface area contributed by atoms with E-state index in [-0.39, 0.29) is 23.6 Å². The fraction of sp³-hybridized carbons (Fsp3) is 0.731. The first-order chi connectivity index (χ1) is 14.4. The van der Waals surface area contributed by atoms with E-state index in [9.17, 15) is 4.79 Å². The number of hydrogen-bond donors (Lipinski definition) is 2. The highest BCUT2D eigenvalue weighted by Gasteiger charge is 2.59. The number of hydrogen-bond acceptors (Lipinski definition) is 4. The molecule has 5 heteroatoms. The van der Waals surface area contributed by atoms with Crippen LogP contribution in [-0.4, -0.2) is 30.7 Å². The van der Waals surface area contributed by atoms with Gasteiger partial charge in [0.2, 0.25) is 0 Å². The Kier molecular flexibility index (Phi) is 5.56. The van der Waals surface area contributed by atoms with Gasteiger partial charge in [-0.05, 0) is 93.7 Å². The van der Waals surface area contributed by atoms with Crippen LogP contribution in [0.1, 0.15) is 78.7 Å². The smallest absolute Gasteiger partial charge is 0.258 e. The molecular weight excluding hydrogens is 388 g/mol. The summed E-state index contributed by atoms with van der Waals surface area (Å²) >= 11 is 0. The molecule has 2 N–H and O–H groups in total. The van der Waals surface area contributed by atoms with Crippen molar-refractivity contribution in [3.05, 3.63) is 23.8 Å². The van der Waals surface area contributed by atoms with Crippen LogP contribution in [0.5, 0.6) is 11.5 Å². The van der Waals surface area contributed by atoms with Gasteiger partial charge < -0.3 is 20.1 Å². The Morgan fingerprint density at radius 1 is 1.06 bits per heavy atom. The first-order valence-corrected chi connectivity index (χ1v) is 11.8. The summed E-state index contributed by atoms with van der Waals surface area (Å²) in [6, 6.07) is 6.03. The van der Waals surface area contributed by atoms with E-state index >= 15 is 0 Å². The predicted molar refractivity (Wildman–Crippen MR) is 123 cm³/mol. The molecule has 2 unspecified atom stereocenters. The van der Waals surface area contributed by atoms with Crippen molar-refractivity contribution < 1.29 is 14.3 Å². The molecule has 1 amide bonds. The van der Waals surface area contributed by atoms with Crippen LogP contribution in [0.3, 0.4) is 0 Å². The summed E-state index contributed by atoms with van der Waals surface area (Å²) in [7, 11) is 1.65. The van der Waals surface area contributed by atoms with E-state index < -0.39 is 0 Å². The van der Waals surface area contributed by atoms with E-state index in [0.717, 1.165) is 12.5 Å². The summed E-state index contributed by atoms with van der Waals surface area (Å²) in [5, 5.41) is 6.89.